The van der Waals surface area contributed by atoms with Gasteiger partial charge in [-0.05, 0) is 23.6 Å². The number of amides is 1. The molecule has 1 atom stereocenters. The lowest BCUT2D eigenvalue weighted by molar-refractivity contribution is -0.149. The number of hydrogen-bond donors (Lipinski definition) is 1. The maximum atomic E-state index is 11.7. The summed E-state index contributed by atoms with van der Waals surface area (Å²) in [6.07, 6.45) is 0.910. The van der Waals surface area contributed by atoms with Crippen molar-refractivity contribution in [3.8, 4) is 5.75 Å². The molecule has 2 aliphatic rings. The van der Waals surface area contributed by atoms with E-state index in [9.17, 15) is 9.59 Å². The molecule has 0 aromatic heterocycles. The maximum Gasteiger partial charge on any atom is 0.303 e. The second kappa shape index (κ2) is 10.6. The fourth-order valence-corrected chi connectivity index (χ4v) is 4.25. The van der Waals surface area contributed by atoms with Gasteiger partial charge in [0.15, 0.2) is 0 Å². The van der Waals surface area contributed by atoms with Crippen molar-refractivity contribution in [1.29, 1.82) is 0 Å². The molecule has 1 saturated heterocycles. The lowest BCUT2D eigenvalue weighted by Gasteiger charge is -2.36. The molecule has 1 fully saturated rings. The van der Waals surface area contributed by atoms with Crippen LogP contribution in [0, 0.1) is 0 Å². The molecule has 0 saturated carbocycles. The number of fused-ring (bicyclic) bond motifs is 1. The molecule has 1 unspecified atom stereocenters. The molecular formula is C25H31N3O4. The first-order chi connectivity index (χ1) is 15.5. The van der Waals surface area contributed by atoms with Crippen LogP contribution in [-0.2, 0) is 27.3 Å². The fourth-order valence-electron chi connectivity index (χ4n) is 4.25. The first-order valence-electron chi connectivity index (χ1n) is 11.3. The van der Waals surface area contributed by atoms with Gasteiger partial charge in [0.1, 0.15) is 18.5 Å². The van der Waals surface area contributed by atoms with Crippen molar-refractivity contribution >= 4 is 17.6 Å². The highest BCUT2D eigenvalue weighted by molar-refractivity contribution is 5.94. The number of carbonyl (C=O) groups excluding carboxylic acids is 2. The van der Waals surface area contributed by atoms with Crippen molar-refractivity contribution < 1.29 is 19.1 Å². The van der Waals surface area contributed by atoms with Gasteiger partial charge in [0.2, 0.25) is 5.91 Å². The van der Waals surface area contributed by atoms with Crippen LogP contribution in [0.4, 0.5) is 5.69 Å². The molecule has 4 rings (SSSR count). The summed E-state index contributed by atoms with van der Waals surface area (Å²) in [5.74, 6) is 0.383. The van der Waals surface area contributed by atoms with Crippen LogP contribution < -0.4 is 10.1 Å². The van der Waals surface area contributed by atoms with E-state index in [-0.39, 0.29) is 24.6 Å². The zero-order valence-corrected chi connectivity index (χ0v) is 18.6. The summed E-state index contributed by atoms with van der Waals surface area (Å²) >= 11 is 0. The van der Waals surface area contributed by atoms with Crippen molar-refractivity contribution in [3.63, 3.8) is 0 Å². The van der Waals surface area contributed by atoms with Gasteiger partial charge < -0.3 is 14.8 Å². The second-order valence-corrected chi connectivity index (χ2v) is 8.47. The smallest absolute Gasteiger partial charge is 0.303 e. The second-order valence-electron chi connectivity index (χ2n) is 8.47. The highest BCUT2D eigenvalue weighted by Gasteiger charge is 2.23. The Morgan fingerprint density at radius 1 is 1.03 bits per heavy atom. The molecule has 0 radical (unpaired) electrons. The first kappa shape index (κ1) is 22.3. The normalized spacial score (nSPS) is 17.8. The third-order valence-electron chi connectivity index (χ3n) is 5.92. The van der Waals surface area contributed by atoms with Crippen molar-refractivity contribution in [3.05, 3.63) is 59.7 Å². The van der Waals surface area contributed by atoms with E-state index in [0.29, 0.717) is 18.7 Å². The van der Waals surface area contributed by atoms with E-state index in [0.717, 1.165) is 50.4 Å². The molecule has 2 aromatic rings. The number of anilines is 1. The van der Waals surface area contributed by atoms with Gasteiger partial charge >= 0.3 is 5.97 Å². The summed E-state index contributed by atoms with van der Waals surface area (Å²) in [5, 5.41) is 2.89. The van der Waals surface area contributed by atoms with E-state index in [1.165, 1.54) is 12.5 Å². The number of nitrogens with zero attached hydrogens (tertiary/aromatic N) is 2. The Kier molecular flexibility index (Phi) is 7.39. The van der Waals surface area contributed by atoms with Crippen molar-refractivity contribution in [2.45, 2.75) is 32.4 Å². The number of esters is 1. The van der Waals surface area contributed by atoms with E-state index < -0.39 is 0 Å². The monoisotopic (exact) mass is 437 g/mol. The number of benzene rings is 2. The first-order valence-corrected chi connectivity index (χ1v) is 11.3. The molecule has 2 aromatic carbocycles. The molecule has 1 N–H and O–H groups in total. The van der Waals surface area contributed by atoms with Gasteiger partial charge in [-0.15, -0.1) is 0 Å². The van der Waals surface area contributed by atoms with Crippen LogP contribution in [0.2, 0.25) is 0 Å². The Bertz CT molecular complexity index is 926. The Balaban J connectivity index is 1.28. The van der Waals surface area contributed by atoms with Crippen LogP contribution in [0.1, 0.15) is 24.5 Å². The number of hydrogen-bond acceptors (Lipinski definition) is 6. The molecule has 32 heavy (non-hydrogen) atoms. The van der Waals surface area contributed by atoms with E-state index in [1.54, 1.807) is 0 Å². The lowest BCUT2D eigenvalue weighted by Crippen LogP contribution is -2.49. The van der Waals surface area contributed by atoms with Crippen LogP contribution in [0.25, 0.3) is 0 Å². The summed E-state index contributed by atoms with van der Waals surface area (Å²) in [6, 6.07) is 16.2. The highest BCUT2D eigenvalue weighted by atomic mass is 16.6. The average Bonchev–Trinajstić information content (AvgIpc) is 2.79. The summed E-state index contributed by atoms with van der Waals surface area (Å²) in [5.41, 5.74) is 3.24. The number of rotatable bonds is 8. The number of nitrogens with one attached hydrogen (secondary N) is 1. The Morgan fingerprint density at radius 2 is 1.78 bits per heavy atom. The topological polar surface area (TPSA) is 71.1 Å². The van der Waals surface area contributed by atoms with E-state index in [4.69, 9.17) is 9.47 Å². The van der Waals surface area contributed by atoms with Gasteiger partial charge in [-0.25, -0.2) is 0 Å². The summed E-state index contributed by atoms with van der Waals surface area (Å²) in [6.45, 7) is 7.11. The minimum absolute atomic E-state index is 0.0267. The quantitative estimate of drug-likeness (QED) is 0.641. The fraction of sp³-hybridized carbons (Fsp3) is 0.440. The maximum absolute atomic E-state index is 11.7. The van der Waals surface area contributed by atoms with Gasteiger partial charge in [0, 0.05) is 64.4 Å². The summed E-state index contributed by atoms with van der Waals surface area (Å²) in [4.78, 5) is 28.1. The minimum Gasteiger partial charge on any atom is -0.490 e. The zero-order chi connectivity index (χ0) is 22.3. The Hall–Kier alpha value is -2.90. The molecule has 0 bridgehead atoms. The van der Waals surface area contributed by atoms with Gasteiger partial charge in [0.05, 0.1) is 0 Å². The number of piperazine rings is 1. The number of ether oxygens (including phenoxy) is 2. The van der Waals surface area contributed by atoms with Crippen molar-refractivity contribution in [2.24, 2.45) is 0 Å². The minimum atomic E-state index is -0.348. The third-order valence-corrected chi connectivity index (χ3v) is 5.92. The molecule has 170 valence electrons. The molecule has 1 amide bonds. The SMILES string of the molecule is CC(=O)OC(COc1ccc2c(c1)NC(=O)CC2)CN1CCN(Cc2ccccc2)CC1. The Morgan fingerprint density at radius 3 is 2.53 bits per heavy atom. The Labute approximate surface area is 189 Å². The average molecular weight is 438 g/mol. The van der Waals surface area contributed by atoms with Gasteiger partial charge in [-0.1, -0.05) is 36.4 Å². The highest BCUT2D eigenvalue weighted by Crippen LogP contribution is 2.27. The zero-order valence-electron chi connectivity index (χ0n) is 18.6. The summed E-state index contributed by atoms with van der Waals surface area (Å²) in [7, 11) is 0. The van der Waals surface area contributed by atoms with Crippen LogP contribution in [-0.4, -0.2) is 67.1 Å². The van der Waals surface area contributed by atoms with Crippen molar-refractivity contribution in [2.75, 3.05) is 44.6 Å². The summed E-state index contributed by atoms with van der Waals surface area (Å²) < 4.78 is 11.5. The predicted molar refractivity (Wildman–Crippen MR) is 123 cm³/mol. The molecule has 7 heteroatoms. The van der Waals surface area contributed by atoms with Crippen molar-refractivity contribution in [1.82, 2.24) is 9.80 Å². The molecule has 0 aliphatic carbocycles. The van der Waals surface area contributed by atoms with E-state index >= 15 is 0 Å². The molecule has 2 aliphatic heterocycles. The van der Waals surface area contributed by atoms with Gasteiger partial charge in [-0.2, -0.15) is 0 Å². The molecule has 7 nitrogen and oxygen atoms in total. The third kappa shape index (κ3) is 6.31. The van der Waals surface area contributed by atoms with Gasteiger partial charge in [-0.3, -0.25) is 19.4 Å². The van der Waals surface area contributed by atoms with Crippen LogP contribution in [0.5, 0.6) is 5.75 Å². The number of aryl methyl sites for hydroxylation is 1. The number of carbonyl (C=O) groups is 2. The molecule has 0 spiro atoms. The largest absolute Gasteiger partial charge is 0.490 e. The van der Waals surface area contributed by atoms with E-state index in [2.05, 4.69) is 39.4 Å². The lowest BCUT2D eigenvalue weighted by atomic mass is 10.0. The van der Waals surface area contributed by atoms with Gasteiger partial charge in [0.25, 0.3) is 0 Å². The van der Waals surface area contributed by atoms with E-state index in [1.807, 2.05) is 24.3 Å². The molecule has 2 heterocycles. The van der Waals surface area contributed by atoms with Crippen LogP contribution in [0.3, 0.4) is 0 Å². The predicted octanol–water partition coefficient (Wildman–Crippen LogP) is 2.70. The van der Waals surface area contributed by atoms with Crippen LogP contribution in [0.15, 0.2) is 48.5 Å². The standard InChI is InChI=1S/C25H31N3O4/c1-19(29)32-23(18-31-22-9-7-21-8-10-25(30)26-24(21)15-22)17-28-13-11-27(12-14-28)16-20-5-3-2-4-6-20/h2-7,9,15,23H,8,10-14,16-18H2,1H3,(H,26,30). The van der Waals surface area contributed by atoms with Crippen LogP contribution >= 0.6 is 0 Å². The molecular weight excluding hydrogens is 406 g/mol.